The van der Waals surface area contributed by atoms with Crippen LogP contribution in [0.5, 0.6) is 0 Å². The van der Waals surface area contributed by atoms with Crippen LogP contribution < -0.4 is 0 Å². The number of aromatic carboxylic acids is 2. The van der Waals surface area contributed by atoms with Gasteiger partial charge in [0, 0.05) is 0 Å². The fourth-order valence-corrected chi connectivity index (χ4v) is 4.83. The second-order valence-corrected chi connectivity index (χ2v) is 9.51. The van der Waals surface area contributed by atoms with E-state index in [0.29, 0.717) is 29.4 Å². The lowest BCUT2D eigenvalue weighted by Crippen LogP contribution is -2.32. The molecule has 6 nitrogen and oxygen atoms in total. The van der Waals surface area contributed by atoms with Gasteiger partial charge in [0.2, 0.25) is 0 Å². The summed E-state index contributed by atoms with van der Waals surface area (Å²) in [7, 11) is 0. The Morgan fingerprint density at radius 2 is 0.914 bits per heavy atom. The number of rotatable bonds is 6. The molecule has 0 radical (unpaired) electrons. The first-order valence-electron chi connectivity index (χ1n) is 12.8. The van der Waals surface area contributed by atoms with Crippen molar-refractivity contribution < 1.29 is 30.0 Å². The topological polar surface area (TPSA) is 115 Å². The first-order chi connectivity index (χ1) is 16.9. The first-order valence-corrected chi connectivity index (χ1v) is 12.8. The molecule has 0 aromatic heterocycles. The van der Waals surface area contributed by atoms with Crippen LogP contribution in [0.4, 0.5) is 0 Å². The Balaban J connectivity index is 0.000000203. The van der Waals surface area contributed by atoms with E-state index in [1.807, 2.05) is 0 Å². The van der Waals surface area contributed by atoms with Crippen molar-refractivity contribution in [2.24, 2.45) is 11.8 Å². The minimum atomic E-state index is -0.879. The summed E-state index contributed by atoms with van der Waals surface area (Å²) >= 11 is 0. The zero-order chi connectivity index (χ0) is 25.5. The summed E-state index contributed by atoms with van der Waals surface area (Å²) in [6.07, 6.45) is 12.5. The summed E-state index contributed by atoms with van der Waals surface area (Å²) in [5.41, 5.74) is 0.662. The molecule has 192 valence electrons. The lowest BCUT2D eigenvalue weighted by Gasteiger charge is -2.32. The summed E-state index contributed by atoms with van der Waals surface area (Å²) in [6.45, 7) is 0. The summed E-state index contributed by atoms with van der Waals surface area (Å²) in [5.74, 6) is -0.838. The largest absolute Gasteiger partial charge is 0.478 e. The molecule has 2 aliphatic rings. The maximum atomic E-state index is 10.2. The molecule has 4 N–H and O–H groups in total. The van der Waals surface area contributed by atoms with Crippen molar-refractivity contribution in [3.63, 3.8) is 0 Å². The van der Waals surface area contributed by atoms with Crippen molar-refractivity contribution in [3.8, 4) is 0 Å². The van der Waals surface area contributed by atoms with Crippen molar-refractivity contribution >= 4 is 11.9 Å². The molecule has 2 saturated carbocycles. The van der Waals surface area contributed by atoms with Crippen molar-refractivity contribution in [3.05, 3.63) is 71.8 Å². The van der Waals surface area contributed by atoms with E-state index < -0.39 is 11.9 Å². The number of carboxylic acid groups (broad SMARTS) is 2. The third-order valence-electron chi connectivity index (χ3n) is 6.91. The van der Waals surface area contributed by atoms with Crippen LogP contribution in [0.1, 0.15) is 91.3 Å². The molecule has 2 aromatic carbocycles. The highest BCUT2D eigenvalue weighted by Gasteiger charge is 2.28. The highest BCUT2D eigenvalue weighted by atomic mass is 16.4. The molecular weight excluding hydrogens is 444 g/mol. The van der Waals surface area contributed by atoms with E-state index in [9.17, 15) is 19.8 Å². The van der Waals surface area contributed by atoms with Gasteiger partial charge in [-0.3, -0.25) is 0 Å². The molecule has 6 heteroatoms. The maximum Gasteiger partial charge on any atom is 0.335 e. The SMILES string of the molecule is O=C(O)c1ccccc1.O=C(O)c1ccccc1.OC(CC(O)C1CCCCC1)C1CCCCC1. The summed E-state index contributed by atoms with van der Waals surface area (Å²) < 4.78 is 0. The van der Waals surface area contributed by atoms with E-state index in [0.717, 1.165) is 0 Å². The third-order valence-corrected chi connectivity index (χ3v) is 6.91. The predicted molar refractivity (Wildman–Crippen MR) is 137 cm³/mol. The number of hydrogen-bond donors (Lipinski definition) is 4. The van der Waals surface area contributed by atoms with Gasteiger partial charge in [-0.2, -0.15) is 0 Å². The van der Waals surface area contributed by atoms with Crippen LogP contribution in [0.15, 0.2) is 60.7 Å². The minimum absolute atomic E-state index is 0.257. The lowest BCUT2D eigenvalue weighted by atomic mass is 9.79. The maximum absolute atomic E-state index is 10.2. The molecule has 35 heavy (non-hydrogen) atoms. The van der Waals surface area contributed by atoms with E-state index in [2.05, 4.69) is 0 Å². The standard InChI is InChI=1S/C15H28O2.2C7H6O2/c16-14(12-7-3-1-4-8-12)11-15(17)13-9-5-2-6-10-13;2*8-7(9)6-4-2-1-3-5-6/h12-17H,1-11H2;2*1-5H,(H,8,9). The fraction of sp³-hybridized carbons (Fsp3) is 0.517. The average molecular weight is 485 g/mol. The van der Waals surface area contributed by atoms with Gasteiger partial charge in [0.1, 0.15) is 0 Å². The third kappa shape index (κ3) is 11.1. The Hall–Kier alpha value is -2.70. The molecular formula is C29H40O6. The van der Waals surface area contributed by atoms with Gasteiger partial charge in [-0.05, 0) is 68.2 Å². The van der Waals surface area contributed by atoms with Crippen LogP contribution >= 0.6 is 0 Å². The molecule has 2 unspecified atom stereocenters. The second-order valence-electron chi connectivity index (χ2n) is 9.51. The zero-order valence-electron chi connectivity index (χ0n) is 20.5. The van der Waals surface area contributed by atoms with Crippen molar-refractivity contribution in [1.29, 1.82) is 0 Å². The molecule has 4 rings (SSSR count). The van der Waals surface area contributed by atoms with Crippen molar-refractivity contribution in [1.82, 2.24) is 0 Å². The lowest BCUT2D eigenvalue weighted by molar-refractivity contribution is 0.000790. The van der Waals surface area contributed by atoms with E-state index in [1.165, 1.54) is 64.2 Å². The van der Waals surface area contributed by atoms with Crippen LogP contribution in [0, 0.1) is 11.8 Å². The molecule has 2 fully saturated rings. The smallest absolute Gasteiger partial charge is 0.335 e. The Bertz CT molecular complexity index is 770. The van der Waals surface area contributed by atoms with Crippen LogP contribution in [0.2, 0.25) is 0 Å². The van der Waals surface area contributed by atoms with Crippen LogP contribution in [-0.2, 0) is 0 Å². The molecule has 0 heterocycles. The quantitative estimate of drug-likeness (QED) is 0.398. The van der Waals surface area contributed by atoms with Gasteiger partial charge < -0.3 is 20.4 Å². The molecule has 0 spiro atoms. The van der Waals surface area contributed by atoms with Gasteiger partial charge in [-0.1, -0.05) is 74.9 Å². The number of carboxylic acids is 2. The monoisotopic (exact) mass is 484 g/mol. The second kappa shape index (κ2) is 16.1. The zero-order valence-corrected chi connectivity index (χ0v) is 20.5. The molecule has 0 aliphatic heterocycles. The normalized spacial score (nSPS) is 18.1. The van der Waals surface area contributed by atoms with Crippen LogP contribution in [0.3, 0.4) is 0 Å². The Morgan fingerprint density at radius 1 is 0.600 bits per heavy atom. The predicted octanol–water partition coefficient (Wildman–Crippen LogP) is 6.03. The molecule has 2 aromatic rings. The van der Waals surface area contributed by atoms with E-state index in [4.69, 9.17) is 10.2 Å². The molecule has 0 saturated heterocycles. The summed E-state index contributed by atoms with van der Waals surface area (Å²) in [6, 6.07) is 16.6. The summed E-state index contributed by atoms with van der Waals surface area (Å²) in [5, 5.41) is 37.2. The molecule has 0 bridgehead atoms. The van der Waals surface area contributed by atoms with E-state index >= 15 is 0 Å². The Kier molecular flexibility index (Phi) is 13.1. The minimum Gasteiger partial charge on any atom is -0.478 e. The van der Waals surface area contributed by atoms with Gasteiger partial charge in [-0.15, -0.1) is 0 Å². The highest BCUT2D eigenvalue weighted by Crippen LogP contribution is 2.32. The Morgan fingerprint density at radius 3 is 1.17 bits per heavy atom. The first kappa shape index (κ1) is 28.5. The summed E-state index contributed by atoms with van der Waals surface area (Å²) in [4.78, 5) is 20.4. The van der Waals surface area contributed by atoms with Gasteiger partial charge in [0.25, 0.3) is 0 Å². The van der Waals surface area contributed by atoms with Crippen LogP contribution in [0.25, 0.3) is 0 Å². The van der Waals surface area contributed by atoms with Crippen molar-refractivity contribution in [2.75, 3.05) is 0 Å². The number of aliphatic hydroxyl groups excluding tert-OH is 2. The van der Waals surface area contributed by atoms with Crippen molar-refractivity contribution in [2.45, 2.75) is 82.8 Å². The molecule has 2 aliphatic carbocycles. The van der Waals surface area contributed by atoms with Gasteiger partial charge in [0.15, 0.2) is 0 Å². The van der Waals surface area contributed by atoms with Gasteiger partial charge >= 0.3 is 11.9 Å². The van der Waals surface area contributed by atoms with Gasteiger partial charge in [0.05, 0.1) is 23.3 Å². The van der Waals surface area contributed by atoms with Gasteiger partial charge in [-0.25, -0.2) is 9.59 Å². The van der Waals surface area contributed by atoms with E-state index in [1.54, 1.807) is 60.7 Å². The van der Waals surface area contributed by atoms with E-state index in [-0.39, 0.29) is 12.2 Å². The highest BCUT2D eigenvalue weighted by molar-refractivity contribution is 5.87. The fourth-order valence-electron chi connectivity index (χ4n) is 4.83. The molecule has 0 amide bonds. The number of aliphatic hydroxyl groups is 2. The average Bonchev–Trinajstić information content (AvgIpc) is 2.91. The van der Waals surface area contributed by atoms with Crippen LogP contribution in [-0.4, -0.2) is 44.6 Å². The molecule has 2 atom stereocenters. The Labute approximate surface area is 208 Å². The number of hydrogen-bond acceptors (Lipinski definition) is 4. The number of carbonyl (C=O) groups is 2. The number of benzene rings is 2.